The van der Waals surface area contributed by atoms with Crippen molar-refractivity contribution in [3.63, 3.8) is 0 Å². The number of nitrogens with zero attached hydrogens (tertiary/aromatic N) is 2. The molecule has 0 atom stereocenters. The van der Waals surface area contributed by atoms with Crippen molar-refractivity contribution in [2.45, 2.75) is 20.8 Å². The Bertz CT molecular complexity index is 1270. The van der Waals surface area contributed by atoms with Gasteiger partial charge in [-0.3, -0.25) is 14.0 Å². The molecule has 2 aromatic carbocycles. The Morgan fingerprint density at radius 2 is 1.63 bits per heavy atom. The number of hydrogen-bond acceptors (Lipinski definition) is 3. The molecule has 2 N–H and O–H groups in total. The van der Waals surface area contributed by atoms with Crippen molar-refractivity contribution in [1.29, 1.82) is 0 Å². The van der Waals surface area contributed by atoms with Crippen LogP contribution < -0.4 is 10.6 Å². The molecule has 0 saturated heterocycles. The molecule has 150 valence electrons. The van der Waals surface area contributed by atoms with Gasteiger partial charge in [-0.2, -0.15) is 0 Å². The van der Waals surface area contributed by atoms with Crippen molar-refractivity contribution in [2.75, 3.05) is 10.6 Å². The molecular weight excluding hydrogens is 376 g/mol. The molecule has 0 saturated carbocycles. The number of carbonyl (C=O) groups is 2. The normalized spacial score (nSPS) is 10.8. The van der Waals surface area contributed by atoms with Crippen LogP contribution in [-0.2, 0) is 0 Å². The number of rotatable bonds is 4. The van der Waals surface area contributed by atoms with E-state index in [1.165, 1.54) is 0 Å². The molecule has 0 aliphatic carbocycles. The fraction of sp³-hybridized carbons (Fsp3) is 0.125. The van der Waals surface area contributed by atoms with Gasteiger partial charge in [0.1, 0.15) is 0 Å². The summed E-state index contributed by atoms with van der Waals surface area (Å²) in [5.41, 5.74) is 5.20. The van der Waals surface area contributed by atoms with E-state index in [4.69, 9.17) is 0 Å². The summed E-state index contributed by atoms with van der Waals surface area (Å²) in [5.74, 6) is -0.590. The second kappa shape index (κ2) is 7.83. The number of nitrogens with one attached hydrogen (secondary N) is 2. The van der Waals surface area contributed by atoms with Crippen LogP contribution in [0.5, 0.6) is 0 Å². The van der Waals surface area contributed by atoms with E-state index < -0.39 is 0 Å². The van der Waals surface area contributed by atoms with Gasteiger partial charge < -0.3 is 10.6 Å². The van der Waals surface area contributed by atoms with Gasteiger partial charge in [0.25, 0.3) is 11.8 Å². The standard InChI is InChI=1S/C24H22N4O2/c1-15-7-6-8-18(13-15)25-24(30)22-27-21(20-9-4-5-12-28(20)22)23(29)26-19-14-16(2)10-11-17(19)3/h4-14H,1-3H3,(H,25,30)(H,26,29). The van der Waals surface area contributed by atoms with Gasteiger partial charge in [0, 0.05) is 17.6 Å². The summed E-state index contributed by atoms with van der Waals surface area (Å²) in [4.78, 5) is 30.3. The predicted molar refractivity (Wildman–Crippen MR) is 118 cm³/mol. The maximum absolute atomic E-state index is 13.0. The summed E-state index contributed by atoms with van der Waals surface area (Å²) in [6, 6.07) is 18.8. The van der Waals surface area contributed by atoms with Crippen LogP contribution in [0.4, 0.5) is 11.4 Å². The lowest BCUT2D eigenvalue weighted by atomic mass is 10.1. The Labute approximate surface area is 174 Å². The Kier molecular flexibility index (Phi) is 5.06. The molecule has 2 aromatic heterocycles. The Morgan fingerprint density at radius 3 is 2.43 bits per heavy atom. The second-order valence-electron chi connectivity index (χ2n) is 7.34. The van der Waals surface area contributed by atoms with Crippen molar-refractivity contribution >= 4 is 28.7 Å². The van der Waals surface area contributed by atoms with Crippen molar-refractivity contribution in [1.82, 2.24) is 9.38 Å². The minimum absolute atomic E-state index is 0.151. The average molecular weight is 398 g/mol. The molecule has 0 aliphatic heterocycles. The molecule has 0 aliphatic rings. The smallest absolute Gasteiger partial charge is 0.292 e. The Balaban J connectivity index is 1.69. The number of benzene rings is 2. The summed E-state index contributed by atoms with van der Waals surface area (Å²) in [7, 11) is 0. The number of aromatic nitrogens is 2. The zero-order chi connectivity index (χ0) is 21.3. The molecule has 0 spiro atoms. The van der Waals surface area contributed by atoms with E-state index in [0.29, 0.717) is 11.2 Å². The first-order valence-corrected chi connectivity index (χ1v) is 9.66. The zero-order valence-corrected chi connectivity index (χ0v) is 17.1. The number of anilines is 2. The zero-order valence-electron chi connectivity index (χ0n) is 17.1. The third kappa shape index (κ3) is 3.80. The van der Waals surface area contributed by atoms with Gasteiger partial charge in [-0.1, -0.05) is 30.3 Å². The van der Waals surface area contributed by atoms with Gasteiger partial charge >= 0.3 is 0 Å². The van der Waals surface area contributed by atoms with Gasteiger partial charge in [-0.25, -0.2) is 4.98 Å². The van der Waals surface area contributed by atoms with Crippen LogP contribution in [0.1, 0.15) is 37.8 Å². The first kappa shape index (κ1) is 19.4. The molecule has 6 heteroatoms. The first-order valence-electron chi connectivity index (χ1n) is 9.66. The Morgan fingerprint density at radius 1 is 0.833 bits per heavy atom. The predicted octanol–water partition coefficient (Wildman–Crippen LogP) is 4.76. The molecular formula is C24H22N4O2. The molecule has 2 heterocycles. The highest BCUT2D eigenvalue weighted by molar-refractivity contribution is 6.10. The molecule has 0 fully saturated rings. The SMILES string of the molecule is Cc1cccc(NC(=O)c2nc(C(=O)Nc3cc(C)ccc3C)c3ccccn23)c1. The molecule has 0 radical (unpaired) electrons. The van der Waals surface area contributed by atoms with Gasteiger partial charge in [-0.15, -0.1) is 0 Å². The molecule has 4 aromatic rings. The topological polar surface area (TPSA) is 75.5 Å². The summed E-state index contributed by atoms with van der Waals surface area (Å²) >= 11 is 0. The average Bonchev–Trinajstić information content (AvgIpc) is 3.11. The lowest BCUT2D eigenvalue weighted by molar-refractivity contribution is 0.101. The molecule has 2 amide bonds. The molecule has 4 rings (SSSR count). The minimum atomic E-state index is -0.382. The summed E-state index contributed by atoms with van der Waals surface area (Å²) in [6.07, 6.45) is 1.72. The van der Waals surface area contributed by atoms with E-state index in [-0.39, 0.29) is 23.3 Å². The maximum atomic E-state index is 13.0. The van der Waals surface area contributed by atoms with Crippen LogP contribution in [0.3, 0.4) is 0 Å². The van der Waals surface area contributed by atoms with E-state index in [2.05, 4.69) is 15.6 Å². The molecule has 30 heavy (non-hydrogen) atoms. The minimum Gasteiger partial charge on any atom is -0.320 e. The highest BCUT2D eigenvalue weighted by Crippen LogP contribution is 2.20. The number of imidazole rings is 1. The highest BCUT2D eigenvalue weighted by atomic mass is 16.2. The van der Waals surface area contributed by atoms with Gasteiger partial charge in [0.05, 0.1) is 5.52 Å². The largest absolute Gasteiger partial charge is 0.320 e. The number of fused-ring (bicyclic) bond motifs is 1. The number of carbonyl (C=O) groups excluding carboxylic acids is 2. The van der Waals surface area contributed by atoms with E-state index in [1.54, 1.807) is 22.7 Å². The Hall–Kier alpha value is -3.93. The fourth-order valence-electron chi connectivity index (χ4n) is 3.33. The van der Waals surface area contributed by atoms with Gasteiger partial charge in [0.15, 0.2) is 5.69 Å². The fourth-order valence-corrected chi connectivity index (χ4v) is 3.33. The second-order valence-corrected chi connectivity index (χ2v) is 7.34. The molecule has 6 nitrogen and oxygen atoms in total. The third-order valence-electron chi connectivity index (χ3n) is 4.88. The number of amides is 2. The monoisotopic (exact) mass is 398 g/mol. The van der Waals surface area contributed by atoms with Gasteiger partial charge in [0.2, 0.25) is 5.82 Å². The van der Waals surface area contributed by atoms with E-state index in [1.807, 2.05) is 69.3 Å². The quantitative estimate of drug-likeness (QED) is 0.520. The molecule has 0 unspecified atom stereocenters. The van der Waals surface area contributed by atoms with Crippen molar-refractivity contribution < 1.29 is 9.59 Å². The lowest BCUT2D eigenvalue weighted by Gasteiger charge is -2.08. The van der Waals surface area contributed by atoms with Crippen molar-refractivity contribution in [3.05, 3.63) is 95.1 Å². The molecule has 0 bridgehead atoms. The van der Waals surface area contributed by atoms with Crippen LogP contribution in [0, 0.1) is 20.8 Å². The van der Waals surface area contributed by atoms with Gasteiger partial charge in [-0.05, 0) is 67.8 Å². The summed E-state index contributed by atoms with van der Waals surface area (Å²) < 4.78 is 1.63. The third-order valence-corrected chi connectivity index (χ3v) is 4.88. The summed E-state index contributed by atoms with van der Waals surface area (Å²) in [5, 5.41) is 5.78. The van der Waals surface area contributed by atoms with Crippen LogP contribution in [0.15, 0.2) is 66.9 Å². The summed E-state index contributed by atoms with van der Waals surface area (Å²) in [6.45, 7) is 5.85. The van der Waals surface area contributed by atoms with Crippen LogP contribution in [0.2, 0.25) is 0 Å². The lowest BCUT2D eigenvalue weighted by Crippen LogP contribution is -2.16. The van der Waals surface area contributed by atoms with E-state index >= 15 is 0 Å². The number of pyridine rings is 1. The van der Waals surface area contributed by atoms with E-state index in [0.717, 1.165) is 22.4 Å². The number of aryl methyl sites for hydroxylation is 3. The van der Waals surface area contributed by atoms with E-state index in [9.17, 15) is 9.59 Å². The maximum Gasteiger partial charge on any atom is 0.292 e. The van der Waals surface area contributed by atoms with Crippen molar-refractivity contribution in [2.24, 2.45) is 0 Å². The first-order chi connectivity index (χ1) is 14.4. The van der Waals surface area contributed by atoms with Crippen LogP contribution in [-0.4, -0.2) is 21.2 Å². The van der Waals surface area contributed by atoms with Crippen molar-refractivity contribution in [3.8, 4) is 0 Å². The number of hydrogen-bond donors (Lipinski definition) is 2. The van der Waals surface area contributed by atoms with Crippen LogP contribution >= 0.6 is 0 Å². The highest BCUT2D eigenvalue weighted by Gasteiger charge is 2.22. The van der Waals surface area contributed by atoms with Crippen LogP contribution in [0.25, 0.3) is 5.52 Å².